The number of hydrogen-bond acceptors (Lipinski definition) is 3. The van der Waals surface area contributed by atoms with Crippen LogP contribution in [0.5, 0.6) is 0 Å². The highest BCUT2D eigenvalue weighted by molar-refractivity contribution is 7.98. The first-order chi connectivity index (χ1) is 9.54. The Bertz CT molecular complexity index is 450. The van der Waals surface area contributed by atoms with E-state index in [4.69, 9.17) is 0 Å². The highest BCUT2D eigenvalue weighted by Crippen LogP contribution is 2.16. The van der Waals surface area contributed by atoms with Crippen LogP contribution >= 0.6 is 11.8 Å². The molecular weight excluding hydrogens is 281 g/mol. The van der Waals surface area contributed by atoms with Gasteiger partial charge in [-0.15, -0.1) is 0 Å². The van der Waals surface area contributed by atoms with Crippen LogP contribution in [0, 0.1) is 5.82 Å². The van der Waals surface area contributed by atoms with E-state index >= 15 is 0 Å². The first kappa shape index (κ1) is 16.5. The van der Waals surface area contributed by atoms with Crippen molar-refractivity contribution in [3.63, 3.8) is 0 Å². The highest BCUT2D eigenvalue weighted by atomic mass is 32.2. The normalized spacial score (nSPS) is 11.9. The standard InChI is InChI=1S/C14H18FNO3S/c1-20-8-2-3-13(17)16-9-12(14(18)19)10-4-6-11(15)7-5-10/h4-7,12H,2-3,8-9H2,1H3,(H,16,17)(H,18,19). The van der Waals surface area contributed by atoms with E-state index in [1.807, 2.05) is 6.26 Å². The average Bonchev–Trinajstić information content (AvgIpc) is 2.41. The SMILES string of the molecule is CSCCCC(=O)NCC(C(=O)O)c1ccc(F)cc1. The van der Waals surface area contributed by atoms with Gasteiger partial charge in [-0.05, 0) is 36.1 Å². The van der Waals surface area contributed by atoms with Crippen LogP contribution in [0.15, 0.2) is 24.3 Å². The second-order valence-corrected chi connectivity index (χ2v) is 5.33. The van der Waals surface area contributed by atoms with Gasteiger partial charge >= 0.3 is 5.97 Å². The summed E-state index contributed by atoms with van der Waals surface area (Å²) < 4.78 is 12.8. The summed E-state index contributed by atoms with van der Waals surface area (Å²) >= 11 is 1.66. The Balaban J connectivity index is 2.54. The van der Waals surface area contributed by atoms with Crippen molar-refractivity contribution in [1.82, 2.24) is 5.32 Å². The van der Waals surface area contributed by atoms with Crippen molar-refractivity contribution in [2.75, 3.05) is 18.6 Å². The molecule has 0 saturated heterocycles. The summed E-state index contributed by atoms with van der Waals surface area (Å²) in [4.78, 5) is 22.8. The van der Waals surface area contributed by atoms with Crippen LogP contribution in [0.4, 0.5) is 4.39 Å². The maximum absolute atomic E-state index is 12.8. The molecule has 0 aliphatic carbocycles. The van der Waals surface area contributed by atoms with E-state index in [-0.39, 0.29) is 12.5 Å². The molecule has 0 heterocycles. The van der Waals surface area contributed by atoms with Gasteiger partial charge in [-0.3, -0.25) is 9.59 Å². The topological polar surface area (TPSA) is 66.4 Å². The molecule has 4 nitrogen and oxygen atoms in total. The fourth-order valence-corrected chi connectivity index (χ4v) is 2.16. The molecule has 6 heteroatoms. The summed E-state index contributed by atoms with van der Waals surface area (Å²) in [7, 11) is 0. The summed E-state index contributed by atoms with van der Waals surface area (Å²) in [5.74, 6) is -1.58. The fourth-order valence-electron chi connectivity index (χ4n) is 1.72. The molecule has 0 bridgehead atoms. The number of thioether (sulfide) groups is 1. The third-order valence-electron chi connectivity index (χ3n) is 2.83. The number of carbonyl (C=O) groups excluding carboxylic acids is 1. The molecule has 20 heavy (non-hydrogen) atoms. The van der Waals surface area contributed by atoms with Crippen LogP contribution in [-0.4, -0.2) is 35.5 Å². The number of hydrogen-bond donors (Lipinski definition) is 2. The zero-order valence-corrected chi connectivity index (χ0v) is 12.1. The van der Waals surface area contributed by atoms with E-state index in [1.54, 1.807) is 11.8 Å². The molecule has 1 rings (SSSR count). The second-order valence-electron chi connectivity index (χ2n) is 4.34. The Hall–Kier alpha value is -1.56. The average molecular weight is 299 g/mol. The van der Waals surface area contributed by atoms with Crippen LogP contribution in [0.3, 0.4) is 0 Å². The maximum atomic E-state index is 12.8. The third kappa shape index (κ3) is 5.61. The van der Waals surface area contributed by atoms with Crippen molar-refractivity contribution in [3.8, 4) is 0 Å². The number of carboxylic acid groups (broad SMARTS) is 1. The molecule has 0 aromatic heterocycles. The van der Waals surface area contributed by atoms with Gasteiger partial charge in [0.25, 0.3) is 0 Å². The monoisotopic (exact) mass is 299 g/mol. The van der Waals surface area contributed by atoms with E-state index < -0.39 is 17.7 Å². The molecule has 0 radical (unpaired) electrons. The highest BCUT2D eigenvalue weighted by Gasteiger charge is 2.20. The third-order valence-corrected chi connectivity index (χ3v) is 3.52. The van der Waals surface area contributed by atoms with Crippen molar-refractivity contribution in [2.45, 2.75) is 18.8 Å². The molecule has 2 N–H and O–H groups in total. The number of aliphatic carboxylic acids is 1. The van der Waals surface area contributed by atoms with Gasteiger partial charge in [0.05, 0.1) is 5.92 Å². The van der Waals surface area contributed by atoms with Gasteiger partial charge in [0.15, 0.2) is 0 Å². The number of benzene rings is 1. The zero-order chi connectivity index (χ0) is 15.0. The Labute approximate surface area is 121 Å². The lowest BCUT2D eigenvalue weighted by Gasteiger charge is -2.13. The molecule has 1 amide bonds. The summed E-state index contributed by atoms with van der Waals surface area (Å²) in [6, 6.07) is 5.28. The lowest BCUT2D eigenvalue weighted by atomic mass is 9.99. The molecule has 1 unspecified atom stereocenters. The summed E-state index contributed by atoms with van der Waals surface area (Å²) in [6.07, 6.45) is 3.12. The minimum absolute atomic E-state index is 0.0130. The lowest BCUT2D eigenvalue weighted by molar-refractivity contribution is -0.138. The summed E-state index contributed by atoms with van der Waals surface area (Å²) in [5, 5.41) is 11.8. The Morgan fingerprint density at radius 1 is 1.35 bits per heavy atom. The molecule has 0 aliphatic heterocycles. The van der Waals surface area contributed by atoms with Gasteiger partial charge in [-0.2, -0.15) is 11.8 Å². The van der Waals surface area contributed by atoms with E-state index in [2.05, 4.69) is 5.32 Å². The van der Waals surface area contributed by atoms with Crippen LogP contribution in [0.1, 0.15) is 24.3 Å². The van der Waals surface area contributed by atoms with Crippen molar-refractivity contribution in [3.05, 3.63) is 35.6 Å². The molecule has 0 spiro atoms. The van der Waals surface area contributed by atoms with Crippen LogP contribution in [0.25, 0.3) is 0 Å². The summed E-state index contributed by atoms with van der Waals surface area (Å²) in [5.41, 5.74) is 0.475. The van der Waals surface area contributed by atoms with E-state index in [9.17, 15) is 19.1 Å². The minimum atomic E-state index is -1.04. The van der Waals surface area contributed by atoms with Crippen molar-refractivity contribution < 1.29 is 19.1 Å². The van der Waals surface area contributed by atoms with E-state index in [0.717, 1.165) is 12.2 Å². The number of amides is 1. The molecular formula is C14H18FNO3S. The number of nitrogens with one attached hydrogen (secondary N) is 1. The lowest BCUT2D eigenvalue weighted by Crippen LogP contribution is -2.31. The van der Waals surface area contributed by atoms with Crippen molar-refractivity contribution >= 4 is 23.6 Å². The largest absolute Gasteiger partial charge is 0.481 e. The van der Waals surface area contributed by atoms with E-state index in [1.165, 1.54) is 24.3 Å². The van der Waals surface area contributed by atoms with Crippen LogP contribution in [-0.2, 0) is 9.59 Å². The number of carbonyl (C=O) groups is 2. The Morgan fingerprint density at radius 3 is 2.55 bits per heavy atom. The summed E-state index contributed by atoms with van der Waals surface area (Å²) in [6.45, 7) is 0.0130. The smallest absolute Gasteiger partial charge is 0.312 e. The molecule has 0 fully saturated rings. The fraction of sp³-hybridized carbons (Fsp3) is 0.429. The minimum Gasteiger partial charge on any atom is -0.481 e. The molecule has 1 aromatic rings. The van der Waals surface area contributed by atoms with Crippen LogP contribution in [0.2, 0.25) is 0 Å². The quantitative estimate of drug-likeness (QED) is 0.723. The van der Waals surface area contributed by atoms with E-state index in [0.29, 0.717) is 12.0 Å². The Kier molecular flexibility index (Phi) is 7.08. The van der Waals surface area contributed by atoms with Gasteiger partial charge in [-0.1, -0.05) is 12.1 Å². The predicted molar refractivity (Wildman–Crippen MR) is 77.4 cm³/mol. The van der Waals surface area contributed by atoms with Gasteiger partial charge in [0.1, 0.15) is 5.82 Å². The number of carboxylic acids is 1. The number of rotatable bonds is 8. The Morgan fingerprint density at radius 2 is 2.00 bits per heavy atom. The first-order valence-electron chi connectivity index (χ1n) is 6.28. The maximum Gasteiger partial charge on any atom is 0.312 e. The molecule has 1 atom stereocenters. The van der Waals surface area contributed by atoms with Crippen LogP contribution < -0.4 is 5.32 Å². The number of halogens is 1. The molecule has 0 saturated carbocycles. The van der Waals surface area contributed by atoms with Gasteiger partial charge in [0, 0.05) is 13.0 Å². The first-order valence-corrected chi connectivity index (χ1v) is 7.68. The predicted octanol–water partition coefficient (Wildman–Crippen LogP) is 2.25. The van der Waals surface area contributed by atoms with Gasteiger partial charge < -0.3 is 10.4 Å². The van der Waals surface area contributed by atoms with Gasteiger partial charge in [-0.25, -0.2) is 4.39 Å². The van der Waals surface area contributed by atoms with Gasteiger partial charge in [0.2, 0.25) is 5.91 Å². The van der Waals surface area contributed by atoms with Crippen molar-refractivity contribution in [1.29, 1.82) is 0 Å². The second kappa shape index (κ2) is 8.58. The molecule has 1 aromatic carbocycles. The molecule has 110 valence electrons. The molecule has 0 aliphatic rings. The van der Waals surface area contributed by atoms with Crippen molar-refractivity contribution in [2.24, 2.45) is 0 Å². The zero-order valence-electron chi connectivity index (χ0n) is 11.3.